The number of piperazine rings is 1. The second kappa shape index (κ2) is 9.43. The zero-order valence-corrected chi connectivity index (χ0v) is 19.0. The van der Waals surface area contributed by atoms with Gasteiger partial charge in [0.15, 0.2) is 0 Å². The van der Waals surface area contributed by atoms with Crippen molar-refractivity contribution in [3.63, 3.8) is 0 Å². The van der Waals surface area contributed by atoms with Crippen molar-refractivity contribution in [2.75, 3.05) is 55.4 Å². The highest BCUT2D eigenvalue weighted by Crippen LogP contribution is 2.20. The number of anilines is 3. The van der Waals surface area contributed by atoms with Gasteiger partial charge in [0.25, 0.3) is 0 Å². The number of amides is 1. The smallest absolute Gasteiger partial charge is 0.241 e. The Kier molecular flexibility index (Phi) is 6.92. The molecule has 0 spiro atoms. The molecule has 1 atom stereocenters. The maximum atomic E-state index is 12.7. The van der Waals surface area contributed by atoms with E-state index in [-0.39, 0.29) is 11.9 Å². The SMILES string of the molecule is Cc1cc(N2CCN([C@@H](C)C(=O)Nc3ccc(N(C)C)cc3)CC2)nc(C(C)C)n1. The lowest BCUT2D eigenvalue weighted by atomic mass is 10.2. The van der Waals surface area contributed by atoms with Gasteiger partial charge in [-0.15, -0.1) is 0 Å². The number of rotatable bonds is 6. The van der Waals surface area contributed by atoms with Crippen molar-refractivity contribution in [2.45, 2.75) is 39.7 Å². The zero-order valence-electron chi connectivity index (χ0n) is 19.0. The minimum atomic E-state index is -0.181. The molecule has 0 unspecified atom stereocenters. The van der Waals surface area contributed by atoms with Gasteiger partial charge in [-0.1, -0.05) is 13.8 Å². The molecule has 3 rings (SSSR count). The number of nitrogens with one attached hydrogen (secondary N) is 1. The van der Waals surface area contributed by atoms with Crippen LogP contribution in [0.3, 0.4) is 0 Å². The first-order valence-electron chi connectivity index (χ1n) is 10.7. The second-order valence-corrected chi connectivity index (χ2v) is 8.51. The fourth-order valence-electron chi connectivity index (χ4n) is 3.59. The van der Waals surface area contributed by atoms with E-state index in [4.69, 9.17) is 4.98 Å². The van der Waals surface area contributed by atoms with Crippen LogP contribution in [0.25, 0.3) is 0 Å². The summed E-state index contributed by atoms with van der Waals surface area (Å²) in [6.07, 6.45) is 0. The van der Waals surface area contributed by atoms with Crippen molar-refractivity contribution in [3.8, 4) is 0 Å². The topological polar surface area (TPSA) is 64.6 Å². The van der Waals surface area contributed by atoms with E-state index in [1.54, 1.807) is 0 Å². The molecular weight excluding hydrogens is 376 g/mol. The Morgan fingerprint density at radius 3 is 2.23 bits per heavy atom. The summed E-state index contributed by atoms with van der Waals surface area (Å²) in [6, 6.07) is 9.78. The third-order valence-electron chi connectivity index (χ3n) is 5.59. The lowest BCUT2D eigenvalue weighted by molar-refractivity contribution is -0.120. The van der Waals surface area contributed by atoms with E-state index in [9.17, 15) is 4.79 Å². The van der Waals surface area contributed by atoms with E-state index in [1.165, 1.54) is 0 Å². The monoisotopic (exact) mass is 410 g/mol. The molecule has 1 aromatic carbocycles. The van der Waals surface area contributed by atoms with Crippen LogP contribution in [0.15, 0.2) is 30.3 Å². The Morgan fingerprint density at radius 1 is 1.03 bits per heavy atom. The molecule has 2 aromatic rings. The van der Waals surface area contributed by atoms with Gasteiger partial charge in [-0.3, -0.25) is 9.69 Å². The number of hydrogen-bond acceptors (Lipinski definition) is 6. The Hall–Kier alpha value is -2.67. The fourth-order valence-corrected chi connectivity index (χ4v) is 3.59. The van der Waals surface area contributed by atoms with E-state index in [0.29, 0.717) is 5.92 Å². The molecule has 1 amide bonds. The van der Waals surface area contributed by atoms with Crippen LogP contribution in [-0.4, -0.2) is 67.1 Å². The lowest BCUT2D eigenvalue weighted by Crippen LogP contribution is -2.53. The van der Waals surface area contributed by atoms with Crippen LogP contribution in [0.4, 0.5) is 17.2 Å². The molecule has 0 radical (unpaired) electrons. The first-order valence-corrected chi connectivity index (χ1v) is 10.7. The highest BCUT2D eigenvalue weighted by Gasteiger charge is 2.26. The average Bonchev–Trinajstić information content (AvgIpc) is 2.73. The van der Waals surface area contributed by atoms with Gasteiger partial charge in [0.05, 0.1) is 6.04 Å². The first kappa shape index (κ1) is 22.0. The molecule has 0 aliphatic carbocycles. The molecule has 0 saturated carbocycles. The van der Waals surface area contributed by atoms with Crippen LogP contribution in [0.5, 0.6) is 0 Å². The summed E-state index contributed by atoms with van der Waals surface area (Å²) in [5.41, 5.74) is 2.94. The maximum Gasteiger partial charge on any atom is 0.241 e. The summed E-state index contributed by atoms with van der Waals surface area (Å²) in [5, 5.41) is 3.04. The molecule has 1 aliphatic rings. The Bertz CT molecular complexity index is 856. The lowest BCUT2D eigenvalue weighted by Gasteiger charge is -2.38. The predicted molar refractivity (Wildman–Crippen MR) is 124 cm³/mol. The van der Waals surface area contributed by atoms with Gasteiger partial charge in [-0.2, -0.15) is 0 Å². The number of aromatic nitrogens is 2. The molecule has 1 saturated heterocycles. The van der Waals surface area contributed by atoms with Crippen molar-refractivity contribution in [2.24, 2.45) is 0 Å². The van der Waals surface area contributed by atoms with Gasteiger partial charge >= 0.3 is 0 Å². The van der Waals surface area contributed by atoms with Gasteiger partial charge in [-0.25, -0.2) is 9.97 Å². The minimum Gasteiger partial charge on any atom is -0.378 e. The highest BCUT2D eigenvalue weighted by atomic mass is 16.2. The molecule has 7 nitrogen and oxygen atoms in total. The summed E-state index contributed by atoms with van der Waals surface area (Å²) in [4.78, 5) is 28.6. The van der Waals surface area contributed by atoms with E-state index < -0.39 is 0 Å². The largest absolute Gasteiger partial charge is 0.378 e. The number of hydrogen-bond donors (Lipinski definition) is 1. The Labute approximate surface area is 180 Å². The molecule has 30 heavy (non-hydrogen) atoms. The van der Waals surface area contributed by atoms with Crippen LogP contribution in [0.1, 0.15) is 38.2 Å². The first-order chi connectivity index (χ1) is 14.2. The molecule has 2 heterocycles. The van der Waals surface area contributed by atoms with Crippen molar-refractivity contribution >= 4 is 23.1 Å². The van der Waals surface area contributed by atoms with E-state index in [2.05, 4.69) is 40.0 Å². The Balaban J connectivity index is 1.57. The van der Waals surface area contributed by atoms with Gasteiger partial charge in [0, 0.05) is 69.3 Å². The van der Waals surface area contributed by atoms with Crippen LogP contribution in [-0.2, 0) is 4.79 Å². The number of benzene rings is 1. The zero-order chi connectivity index (χ0) is 21.8. The molecule has 7 heteroatoms. The third kappa shape index (κ3) is 5.27. The molecule has 162 valence electrons. The van der Waals surface area contributed by atoms with E-state index in [0.717, 1.165) is 54.9 Å². The van der Waals surface area contributed by atoms with Gasteiger partial charge in [0.1, 0.15) is 11.6 Å². The van der Waals surface area contributed by atoms with Crippen LogP contribution in [0, 0.1) is 6.92 Å². The molecule has 1 aromatic heterocycles. The summed E-state index contributed by atoms with van der Waals surface area (Å²) in [7, 11) is 4.00. The van der Waals surface area contributed by atoms with Gasteiger partial charge in [-0.05, 0) is 38.1 Å². The normalized spacial score (nSPS) is 15.9. The molecule has 0 bridgehead atoms. The van der Waals surface area contributed by atoms with E-state index in [1.807, 2.05) is 57.1 Å². The highest BCUT2D eigenvalue weighted by molar-refractivity contribution is 5.94. The molecule has 1 aliphatic heterocycles. The number of aryl methyl sites for hydroxylation is 1. The number of carbonyl (C=O) groups is 1. The maximum absolute atomic E-state index is 12.7. The molecular formula is C23H34N6O. The number of nitrogens with zero attached hydrogens (tertiary/aromatic N) is 5. The Morgan fingerprint density at radius 2 is 1.67 bits per heavy atom. The van der Waals surface area contributed by atoms with Crippen LogP contribution < -0.4 is 15.1 Å². The summed E-state index contributed by atoms with van der Waals surface area (Å²) >= 11 is 0. The third-order valence-corrected chi connectivity index (χ3v) is 5.59. The minimum absolute atomic E-state index is 0.0287. The van der Waals surface area contributed by atoms with Crippen molar-refractivity contribution in [1.29, 1.82) is 0 Å². The molecule has 1 N–H and O–H groups in total. The van der Waals surface area contributed by atoms with Gasteiger partial charge < -0.3 is 15.1 Å². The number of carbonyl (C=O) groups excluding carboxylic acids is 1. The predicted octanol–water partition coefficient (Wildman–Crippen LogP) is 3.12. The van der Waals surface area contributed by atoms with E-state index >= 15 is 0 Å². The summed E-state index contributed by atoms with van der Waals surface area (Å²) in [6.45, 7) is 11.6. The fraction of sp³-hybridized carbons (Fsp3) is 0.522. The second-order valence-electron chi connectivity index (χ2n) is 8.51. The summed E-state index contributed by atoms with van der Waals surface area (Å²) < 4.78 is 0. The quantitative estimate of drug-likeness (QED) is 0.789. The summed E-state index contributed by atoms with van der Waals surface area (Å²) in [5.74, 6) is 2.21. The van der Waals surface area contributed by atoms with Crippen molar-refractivity contribution in [1.82, 2.24) is 14.9 Å². The van der Waals surface area contributed by atoms with Crippen molar-refractivity contribution < 1.29 is 4.79 Å². The molecule has 1 fully saturated rings. The standard InChI is InChI=1S/C23H34N6O/c1-16(2)22-24-17(3)15-21(26-22)29-13-11-28(12-14-29)18(4)23(30)25-19-7-9-20(10-8-19)27(5)6/h7-10,15-16,18H,11-14H2,1-6H3,(H,25,30)/t18-/m0/s1. The van der Waals surface area contributed by atoms with Crippen LogP contribution in [0.2, 0.25) is 0 Å². The van der Waals surface area contributed by atoms with Gasteiger partial charge in [0.2, 0.25) is 5.91 Å². The van der Waals surface area contributed by atoms with Crippen LogP contribution >= 0.6 is 0 Å². The van der Waals surface area contributed by atoms with Crippen molar-refractivity contribution in [3.05, 3.63) is 41.9 Å². The average molecular weight is 411 g/mol.